The zero-order valence-corrected chi connectivity index (χ0v) is 7.54. The van der Waals surface area contributed by atoms with Crippen LogP contribution in [0.1, 0.15) is 5.56 Å². The van der Waals surface area contributed by atoms with Crippen LogP contribution in [-0.2, 0) is 0 Å². The van der Waals surface area contributed by atoms with Crippen LogP contribution in [0, 0.1) is 19.1 Å². The van der Waals surface area contributed by atoms with Gasteiger partial charge < -0.3 is 0 Å². The molecule has 0 nitrogen and oxygen atoms in total. The van der Waals surface area contributed by atoms with E-state index in [4.69, 9.17) is 0 Å². The van der Waals surface area contributed by atoms with Crippen molar-refractivity contribution < 1.29 is 0 Å². The monoisotopic (exact) mass is 166 g/mol. The fraction of sp³-hybridized carbons (Fsp3) is 0.0769. The molecule has 0 atom stereocenters. The maximum atomic E-state index is 3.13. The highest BCUT2D eigenvalue weighted by molar-refractivity contribution is 5.64. The van der Waals surface area contributed by atoms with Crippen LogP contribution < -0.4 is 0 Å². The van der Waals surface area contributed by atoms with Crippen LogP contribution in [0.25, 0.3) is 11.1 Å². The zero-order chi connectivity index (χ0) is 9.10. The molecule has 0 aromatic heterocycles. The largest absolute Gasteiger partial charge is 0.0696 e. The Morgan fingerprint density at radius 1 is 1.00 bits per heavy atom. The third-order valence-electron chi connectivity index (χ3n) is 2.07. The SMILES string of the molecule is Cc1ccc#cc1-c1ccccc1. The van der Waals surface area contributed by atoms with Gasteiger partial charge in [0.1, 0.15) is 0 Å². The lowest BCUT2D eigenvalue weighted by Gasteiger charge is -2.00. The maximum Gasteiger partial charge on any atom is 0.0350 e. The first-order chi connectivity index (χ1) is 6.38. The van der Waals surface area contributed by atoms with Crippen LogP contribution in [-0.4, -0.2) is 0 Å². The fourth-order valence-electron chi connectivity index (χ4n) is 1.37. The van der Waals surface area contributed by atoms with Gasteiger partial charge in [-0.2, -0.15) is 0 Å². The number of benzene rings is 1. The molecule has 62 valence electrons. The Bertz CT molecular complexity index is 388. The Morgan fingerprint density at radius 2 is 1.77 bits per heavy atom. The quantitative estimate of drug-likeness (QED) is 0.610. The zero-order valence-electron chi connectivity index (χ0n) is 7.54. The van der Waals surface area contributed by atoms with Crippen molar-refractivity contribution in [2.75, 3.05) is 0 Å². The summed E-state index contributed by atoms with van der Waals surface area (Å²) >= 11 is 0. The normalized spacial score (nSPS) is 9.31. The van der Waals surface area contributed by atoms with Crippen LogP contribution in [0.5, 0.6) is 0 Å². The molecule has 0 unspecified atom stereocenters. The molecule has 2 aromatic carbocycles. The van der Waals surface area contributed by atoms with Crippen LogP contribution in [0.2, 0.25) is 0 Å². The molecule has 0 heteroatoms. The van der Waals surface area contributed by atoms with E-state index in [1.807, 2.05) is 24.3 Å². The molecule has 2 aromatic rings. The van der Waals surface area contributed by atoms with Gasteiger partial charge in [-0.25, -0.2) is 0 Å². The van der Waals surface area contributed by atoms with Gasteiger partial charge in [-0.15, -0.1) is 0 Å². The number of aryl methyl sites for hydroxylation is 1. The second-order valence-corrected chi connectivity index (χ2v) is 3.03. The van der Waals surface area contributed by atoms with Crippen molar-refractivity contribution in [2.45, 2.75) is 6.92 Å². The van der Waals surface area contributed by atoms with Gasteiger partial charge in [0.25, 0.3) is 0 Å². The fourth-order valence-corrected chi connectivity index (χ4v) is 1.37. The van der Waals surface area contributed by atoms with Gasteiger partial charge >= 0.3 is 0 Å². The van der Waals surface area contributed by atoms with Crippen LogP contribution in [0.15, 0.2) is 42.5 Å². The van der Waals surface area contributed by atoms with Gasteiger partial charge in [0.05, 0.1) is 0 Å². The van der Waals surface area contributed by atoms with Crippen molar-refractivity contribution in [1.29, 1.82) is 0 Å². The lowest BCUT2D eigenvalue weighted by molar-refractivity contribution is 1.47. The summed E-state index contributed by atoms with van der Waals surface area (Å²) in [5, 5.41) is 0. The Labute approximate surface area is 78.9 Å². The van der Waals surface area contributed by atoms with E-state index in [9.17, 15) is 0 Å². The molecule has 0 aliphatic heterocycles. The molecule has 13 heavy (non-hydrogen) atoms. The molecule has 0 spiro atoms. The highest BCUT2D eigenvalue weighted by atomic mass is 14.0. The predicted octanol–water partition coefficient (Wildman–Crippen LogP) is 3.26. The van der Waals surface area contributed by atoms with E-state index in [1.165, 1.54) is 11.1 Å². The molecule has 0 saturated heterocycles. The third kappa shape index (κ3) is 1.55. The highest BCUT2D eigenvalue weighted by Crippen LogP contribution is 2.19. The lowest BCUT2D eigenvalue weighted by Crippen LogP contribution is -1.79. The first-order valence-electron chi connectivity index (χ1n) is 4.32. The molecular formula is C13H10. The van der Waals surface area contributed by atoms with E-state index in [0.29, 0.717) is 0 Å². The summed E-state index contributed by atoms with van der Waals surface area (Å²) in [4.78, 5) is 0. The topological polar surface area (TPSA) is 0 Å². The average molecular weight is 166 g/mol. The van der Waals surface area contributed by atoms with Gasteiger partial charge in [0, 0.05) is 5.56 Å². The molecule has 0 heterocycles. The highest BCUT2D eigenvalue weighted by Gasteiger charge is 1.97. The Balaban J connectivity index is 2.54. The number of hydrogen-bond acceptors (Lipinski definition) is 0. The second-order valence-electron chi connectivity index (χ2n) is 3.03. The lowest BCUT2D eigenvalue weighted by atomic mass is 10.0. The summed E-state index contributed by atoms with van der Waals surface area (Å²) in [5.41, 5.74) is 3.59. The van der Waals surface area contributed by atoms with Crippen molar-refractivity contribution in [1.82, 2.24) is 0 Å². The Morgan fingerprint density at radius 3 is 2.46 bits per heavy atom. The van der Waals surface area contributed by atoms with E-state index < -0.39 is 0 Å². The molecule has 0 N–H and O–H groups in total. The van der Waals surface area contributed by atoms with Crippen molar-refractivity contribution in [2.24, 2.45) is 0 Å². The first kappa shape index (κ1) is 7.89. The van der Waals surface area contributed by atoms with Gasteiger partial charge in [-0.3, -0.25) is 0 Å². The molecular weight excluding hydrogens is 156 g/mol. The van der Waals surface area contributed by atoms with E-state index in [0.717, 1.165) is 5.56 Å². The molecule has 0 radical (unpaired) electrons. The van der Waals surface area contributed by atoms with Crippen molar-refractivity contribution >= 4 is 0 Å². The summed E-state index contributed by atoms with van der Waals surface area (Å²) < 4.78 is 0. The summed E-state index contributed by atoms with van der Waals surface area (Å²) in [7, 11) is 0. The molecule has 0 aliphatic carbocycles. The van der Waals surface area contributed by atoms with Crippen molar-refractivity contribution in [3.8, 4) is 11.1 Å². The van der Waals surface area contributed by atoms with E-state index >= 15 is 0 Å². The molecule has 0 bridgehead atoms. The van der Waals surface area contributed by atoms with Crippen molar-refractivity contribution in [3.63, 3.8) is 0 Å². The minimum absolute atomic E-state index is 1.14. The van der Waals surface area contributed by atoms with Crippen LogP contribution >= 0.6 is 0 Å². The minimum atomic E-state index is 1.14. The molecule has 2 rings (SSSR count). The standard InChI is InChI=1S/C13H10/c1-11-7-5-6-10-13(11)12-8-3-2-4-9-12/h2-5,7-9H,1H3. The van der Waals surface area contributed by atoms with E-state index in [1.54, 1.807) is 0 Å². The van der Waals surface area contributed by atoms with Gasteiger partial charge in [0.2, 0.25) is 0 Å². The van der Waals surface area contributed by atoms with Gasteiger partial charge in [-0.05, 0) is 30.2 Å². The first-order valence-corrected chi connectivity index (χ1v) is 4.32. The van der Waals surface area contributed by atoms with E-state index in [-0.39, 0.29) is 0 Å². The van der Waals surface area contributed by atoms with Crippen LogP contribution in [0.4, 0.5) is 0 Å². The Kier molecular flexibility index (Phi) is 2.02. The molecule has 0 fully saturated rings. The summed E-state index contributed by atoms with van der Waals surface area (Å²) in [6, 6.07) is 20.3. The molecule has 0 aliphatic rings. The van der Waals surface area contributed by atoms with Crippen LogP contribution in [0.3, 0.4) is 0 Å². The molecule has 0 amide bonds. The van der Waals surface area contributed by atoms with Gasteiger partial charge in [0.15, 0.2) is 0 Å². The molecule has 0 saturated carbocycles. The summed E-state index contributed by atoms with van der Waals surface area (Å²) in [6.45, 7) is 2.09. The number of hydrogen-bond donors (Lipinski definition) is 0. The average Bonchev–Trinajstić information content (AvgIpc) is 2.20. The summed E-state index contributed by atoms with van der Waals surface area (Å²) in [6.07, 6.45) is 0. The van der Waals surface area contributed by atoms with Crippen molar-refractivity contribution in [3.05, 3.63) is 60.2 Å². The van der Waals surface area contributed by atoms with E-state index in [2.05, 4.69) is 37.3 Å². The Hall–Kier alpha value is -1.74. The number of rotatable bonds is 1. The second kappa shape index (κ2) is 3.33. The smallest absolute Gasteiger partial charge is 0.0350 e. The maximum absolute atomic E-state index is 3.13. The predicted molar refractivity (Wildman–Crippen MR) is 54.3 cm³/mol. The minimum Gasteiger partial charge on any atom is -0.0696 e. The summed E-state index contributed by atoms with van der Waals surface area (Å²) in [5.74, 6) is 0. The van der Waals surface area contributed by atoms with Gasteiger partial charge in [-0.1, -0.05) is 42.5 Å². The third-order valence-corrected chi connectivity index (χ3v) is 2.07.